The highest BCUT2D eigenvalue weighted by atomic mass is 32.2. The maximum absolute atomic E-state index is 13.3. The second-order valence-corrected chi connectivity index (χ2v) is 6.91. The van der Waals surface area contributed by atoms with Crippen molar-refractivity contribution in [1.29, 1.82) is 0 Å². The van der Waals surface area contributed by atoms with E-state index in [0.29, 0.717) is 6.54 Å². The molecule has 0 saturated heterocycles. The number of ether oxygens (including phenoxy) is 1. The van der Waals surface area contributed by atoms with Crippen molar-refractivity contribution in [1.82, 2.24) is 5.32 Å². The van der Waals surface area contributed by atoms with Crippen LogP contribution in [0.3, 0.4) is 0 Å². The van der Waals surface area contributed by atoms with Gasteiger partial charge in [0.1, 0.15) is 0 Å². The Bertz CT molecular complexity index is 729. The molecule has 114 valence electrons. The first-order valence-corrected chi connectivity index (χ1v) is 8.41. The van der Waals surface area contributed by atoms with Crippen molar-refractivity contribution in [2.75, 3.05) is 18.9 Å². The summed E-state index contributed by atoms with van der Waals surface area (Å²) in [5, 5.41) is 4.52. The Labute approximate surface area is 126 Å². The van der Waals surface area contributed by atoms with Gasteiger partial charge in [-0.25, -0.2) is 12.8 Å². The standard InChI is InChI=1S/C13H15FN2O3S2/c1-15-7-10-6-11(8-20-10)21(17,18)16-9-3-4-12(14)13(5-9)19-2/h3-6,8,15-16H,7H2,1-2H3. The van der Waals surface area contributed by atoms with E-state index in [-0.39, 0.29) is 16.3 Å². The number of halogens is 1. The van der Waals surface area contributed by atoms with Crippen molar-refractivity contribution in [2.24, 2.45) is 0 Å². The van der Waals surface area contributed by atoms with Gasteiger partial charge < -0.3 is 10.1 Å². The van der Waals surface area contributed by atoms with E-state index in [9.17, 15) is 12.8 Å². The lowest BCUT2D eigenvalue weighted by Crippen LogP contribution is -2.12. The molecular weight excluding hydrogens is 315 g/mol. The fourth-order valence-electron chi connectivity index (χ4n) is 1.71. The molecule has 1 heterocycles. The van der Waals surface area contributed by atoms with Crippen LogP contribution in [0.25, 0.3) is 0 Å². The van der Waals surface area contributed by atoms with Crippen LogP contribution in [-0.2, 0) is 16.6 Å². The fourth-order valence-corrected chi connectivity index (χ4v) is 4.04. The highest BCUT2D eigenvalue weighted by molar-refractivity contribution is 7.92. The Hall–Kier alpha value is -1.64. The predicted octanol–water partition coefficient (Wildman–Crippen LogP) is 2.42. The summed E-state index contributed by atoms with van der Waals surface area (Å²) in [7, 11) is -0.586. The number of methoxy groups -OCH3 is 1. The third kappa shape index (κ3) is 3.72. The molecule has 0 unspecified atom stereocenters. The van der Waals surface area contributed by atoms with Gasteiger partial charge in [-0.2, -0.15) is 0 Å². The van der Waals surface area contributed by atoms with Gasteiger partial charge in [0.15, 0.2) is 11.6 Å². The first-order valence-electron chi connectivity index (χ1n) is 6.04. The summed E-state index contributed by atoms with van der Waals surface area (Å²) in [5.74, 6) is -0.566. The lowest BCUT2D eigenvalue weighted by Gasteiger charge is -2.08. The molecule has 1 aromatic carbocycles. The van der Waals surface area contributed by atoms with Crippen molar-refractivity contribution >= 4 is 27.0 Å². The van der Waals surface area contributed by atoms with Gasteiger partial charge in [-0.1, -0.05) is 0 Å². The summed E-state index contributed by atoms with van der Waals surface area (Å²) in [6, 6.07) is 5.39. The molecule has 21 heavy (non-hydrogen) atoms. The molecule has 0 spiro atoms. The topological polar surface area (TPSA) is 67.4 Å². The molecule has 2 N–H and O–H groups in total. The van der Waals surface area contributed by atoms with Crippen LogP contribution in [-0.4, -0.2) is 22.6 Å². The van der Waals surface area contributed by atoms with Crippen LogP contribution in [0.5, 0.6) is 5.75 Å². The summed E-state index contributed by atoms with van der Waals surface area (Å²) in [5.41, 5.74) is 0.245. The molecule has 0 aliphatic carbocycles. The van der Waals surface area contributed by atoms with Crippen molar-refractivity contribution < 1.29 is 17.5 Å². The highest BCUT2D eigenvalue weighted by Gasteiger charge is 2.17. The molecule has 2 rings (SSSR count). The zero-order valence-corrected chi connectivity index (χ0v) is 13.1. The predicted molar refractivity (Wildman–Crippen MR) is 80.8 cm³/mol. The zero-order chi connectivity index (χ0) is 15.5. The van der Waals surface area contributed by atoms with Crippen LogP contribution < -0.4 is 14.8 Å². The monoisotopic (exact) mass is 330 g/mol. The number of rotatable bonds is 6. The minimum atomic E-state index is -3.69. The average Bonchev–Trinajstić information content (AvgIpc) is 2.91. The third-order valence-corrected chi connectivity index (χ3v) is 5.14. The molecule has 0 aliphatic rings. The molecule has 0 fully saturated rings. The Balaban J connectivity index is 2.24. The van der Waals surface area contributed by atoms with E-state index in [4.69, 9.17) is 4.74 Å². The average molecular weight is 330 g/mol. The molecule has 1 aromatic heterocycles. The maximum atomic E-state index is 13.3. The van der Waals surface area contributed by atoms with E-state index in [0.717, 1.165) is 10.9 Å². The van der Waals surface area contributed by atoms with Gasteiger partial charge >= 0.3 is 0 Å². The third-order valence-electron chi connectivity index (χ3n) is 2.69. The Kier molecular flexibility index (Phi) is 4.81. The molecule has 0 radical (unpaired) electrons. The Morgan fingerprint density at radius 2 is 2.10 bits per heavy atom. The number of thiophene rings is 1. The Morgan fingerprint density at radius 1 is 1.33 bits per heavy atom. The maximum Gasteiger partial charge on any atom is 0.262 e. The molecule has 8 heteroatoms. The molecule has 0 atom stereocenters. The van der Waals surface area contributed by atoms with Gasteiger partial charge in [0.05, 0.1) is 17.7 Å². The van der Waals surface area contributed by atoms with Crippen LogP contribution in [0.15, 0.2) is 34.5 Å². The summed E-state index contributed by atoms with van der Waals surface area (Å²) in [6.07, 6.45) is 0. The van der Waals surface area contributed by atoms with E-state index < -0.39 is 15.8 Å². The fraction of sp³-hybridized carbons (Fsp3) is 0.231. The van der Waals surface area contributed by atoms with E-state index in [1.54, 1.807) is 18.5 Å². The van der Waals surface area contributed by atoms with Gasteiger partial charge in [-0.3, -0.25) is 4.72 Å². The van der Waals surface area contributed by atoms with Gasteiger partial charge in [-0.15, -0.1) is 11.3 Å². The molecular formula is C13H15FN2O3S2. The number of anilines is 1. The summed E-state index contributed by atoms with van der Waals surface area (Å²) in [4.78, 5) is 1.09. The highest BCUT2D eigenvalue weighted by Crippen LogP contribution is 2.25. The summed E-state index contributed by atoms with van der Waals surface area (Å²) >= 11 is 1.36. The summed E-state index contributed by atoms with van der Waals surface area (Å²) in [6.45, 7) is 0.602. The molecule has 0 saturated carbocycles. The first-order chi connectivity index (χ1) is 9.96. The zero-order valence-electron chi connectivity index (χ0n) is 11.5. The lowest BCUT2D eigenvalue weighted by molar-refractivity contribution is 0.387. The smallest absolute Gasteiger partial charge is 0.262 e. The van der Waals surface area contributed by atoms with Crippen LogP contribution in [0.1, 0.15) is 4.88 Å². The van der Waals surface area contributed by atoms with Crippen LogP contribution in [0, 0.1) is 5.82 Å². The molecule has 2 aromatic rings. The molecule has 5 nitrogen and oxygen atoms in total. The number of nitrogens with one attached hydrogen (secondary N) is 2. The normalized spacial score (nSPS) is 11.4. The number of benzene rings is 1. The van der Waals surface area contributed by atoms with Crippen LogP contribution >= 0.6 is 11.3 Å². The minimum Gasteiger partial charge on any atom is -0.494 e. The quantitative estimate of drug-likeness (QED) is 0.853. The van der Waals surface area contributed by atoms with Crippen LogP contribution in [0.4, 0.5) is 10.1 Å². The summed E-state index contributed by atoms with van der Waals surface area (Å²) < 4.78 is 45.0. The van der Waals surface area contributed by atoms with E-state index in [1.807, 2.05) is 0 Å². The number of hydrogen-bond donors (Lipinski definition) is 2. The molecule has 0 amide bonds. The van der Waals surface area contributed by atoms with Crippen LogP contribution in [0.2, 0.25) is 0 Å². The largest absolute Gasteiger partial charge is 0.494 e. The second-order valence-electron chi connectivity index (χ2n) is 4.23. The van der Waals surface area contributed by atoms with Gasteiger partial charge in [-0.05, 0) is 25.2 Å². The minimum absolute atomic E-state index is 0.0172. The SMILES string of the molecule is CNCc1cc(S(=O)(=O)Nc2ccc(F)c(OC)c2)cs1. The van der Waals surface area contributed by atoms with Gasteiger partial charge in [0.2, 0.25) is 0 Å². The molecule has 0 bridgehead atoms. The van der Waals surface area contributed by atoms with Gasteiger partial charge in [0, 0.05) is 22.9 Å². The Morgan fingerprint density at radius 3 is 2.76 bits per heavy atom. The van der Waals surface area contributed by atoms with Crippen molar-refractivity contribution in [3.63, 3.8) is 0 Å². The van der Waals surface area contributed by atoms with Crippen molar-refractivity contribution in [2.45, 2.75) is 11.4 Å². The number of hydrogen-bond acceptors (Lipinski definition) is 5. The molecule has 0 aliphatic heterocycles. The number of sulfonamides is 1. The lowest BCUT2D eigenvalue weighted by atomic mass is 10.3. The van der Waals surface area contributed by atoms with E-state index in [1.165, 1.54) is 30.6 Å². The first kappa shape index (κ1) is 15.7. The van der Waals surface area contributed by atoms with Crippen molar-refractivity contribution in [3.05, 3.63) is 40.3 Å². The van der Waals surface area contributed by atoms with Crippen molar-refractivity contribution in [3.8, 4) is 5.75 Å². The van der Waals surface area contributed by atoms with E-state index in [2.05, 4.69) is 10.0 Å². The van der Waals surface area contributed by atoms with Gasteiger partial charge in [0.25, 0.3) is 10.0 Å². The second kappa shape index (κ2) is 6.42. The van der Waals surface area contributed by atoms with E-state index >= 15 is 0 Å².